The molecular formula is C16H14ClN3O. The zero-order chi connectivity index (χ0) is 14.7. The summed E-state index contributed by atoms with van der Waals surface area (Å²) in [6.45, 7) is 0. The van der Waals surface area contributed by atoms with Crippen LogP contribution in [0.25, 0.3) is 11.3 Å². The van der Waals surface area contributed by atoms with Crippen LogP contribution in [0.1, 0.15) is 5.69 Å². The van der Waals surface area contributed by atoms with Gasteiger partial charge in [0, 0.05) is 13.2 Å². The van der Waals surface area contributed by atoms with Gasteiger partial charge >= 0.3 is 0 Å². The van der Waals surface area contributed by atoms with Crippen LogP contribution in [0.4, 0.5) is 0 Å². The Labute approximate surface area is 128 Å². The second-order valence-electron chi connectivity index (χ2n) is 4.55. The fraction of sp³-hybridized carbons (Fsp3) is 0.125. The van der Waals surface area contributed by atoms with E-state index in [1.165, 1.54) is 0 Å². The summed E-state index contributed by atoms with van der Waals surface area (Å²) < 4.78 is 7.66. The minimum atomic E-state index is 0.378. The minimum absolute atomic E-state index is 0.378. The van der Waals surface area contributed by atoms with E-state index in [2.05, 4.69) is 10.1 Å². The van der Waals surface area contributed by atoms with Crippen molar-refractivity contribution in [3.63, 3.8) is 0 Å². The molecule has 2 aromatic heterocycles. The Kier molecular flexibility index (Phi) is 3.88. The molecule has 0 N–H and O–H groups in total. The number of alkyl halides is 1. The van der Waals surface area contributed by atoms with Crippen LogP contribution < -0.4 is 4.74 Å². The van der Waals surface area contributed by atoms with Crippen LogP contribution in [-0.4, -0.2) is 14.8 Å². The summed E-state index contributed by atoms with van der Waals surface area (Å²) in [7, 11) is 1.88. The van der Waals surface area contributed by atoms with Crippen LogP contribution in [-0.2, 0) is 12.9 Å². The third-order valence-corrected chi connectivity index (χ3v) is 3.35. The van der Waals surface area contributed by atoms with Crippen LogP contribution in [0.3, 0.4) is 0 Å². The first-order valence-corrected chi connectivity index (χ1v) is 7.08. The first-order chi connectivity index (χ1) is 10.3. The highest BCUT2D eigenvalue weighted by Gasteiger charge is 2.13. The Morgan fingerprint density at radius 2 is 1.95 bits per heavy atom. The summed E-state index contributed by atoms with van der Waals surface area (Å²) in [5.41, 5.74) is 2.63. The van der Waals surface area contributed by atoms with Crippen molar-refractivity contribution in [3.05, 3.63) is 60.4 Å². The fourth-order valence-electron chi connectivity index (χ4n) is 2.11. The van der Waals surface area contributed by atoms with E-state index in [1.807, 2.05) is 55.6 Å². The number of rotatable bonds is 4. The molecule has 0 radical (unpaired) electrons. The van der Waals surface area contributed by atoms with Crippen LogP contribution >= 0.6 is 11.6 Å². The van der Waals surface area contributed by atoms with Gasteiger partial charge in [-0.25, -0.2) is 4.98 Å². The van der Waals surface area contributed by atoms with Gasteiger partial charge in [0.1, 0.15) is 5.75 Å². The molecule has 0 fully saturated rings. The van der Waals surface area contributed by atoms with E-state index >= 15 is 0 Å². The van der Waals surface area contributed by atoms with Crippen molar-refractivity contribution in [1.82, 2.24) is 14.8 Å². The first-order valence-electron chi connectivity index (χ1n) is 6.55. The second kappa shape index (κ2) is 5.97. The van der Waals surface area contributed by atoms with Gasteiger partial charge in [-0.15, -0.1) is 11.6 Å². The van der Waals surface area contributed by atoms with Crippen molar-refractivity contribution in [3.8, 4) is 22.9 Å². The van der Waals surface area contributed by atoms with E-state index in [9.17, 15) is 0 Å². The van der Waals surface area contributed by atoms with E-state index in [-0.39, 0.29) is 0 Å². The van der Waals surface area contributed by atoms with Gasteiger partial charge in [-0.1, -0.05) is 18.2 Å². The molecule has 0 aliphatic rings. The van der Waals surface area contributed by atoms with Gasteiger partial charge in [0.05, 0.1) is 22.8 Å². The number of hydrogen-bond acceptors (Lipinski definition) is 3. The Morgan fingerprint density at radius 3 is 2.67 bits per heavy atom. The van der Waals surface area contributed by atoms with E-state index in [0.717, 1.165) is 22.7 Å². The number of aryl methyl sites for hydroxylation is 1. The SMILES string of the molecule is Cn1nc(CCl)cc1-c1cccnc1Oc1ccccc1. The summed E-state index contributed by atoms with van der Waals surface area (Å²) in [5, 5.41) is 4.36. The molecule has 3 aromatic rings. The fourth-order valence-corrected chi connectivity index (χ4v) is 2.24. The lowest BCUT2D eigenvalue weighted by molar-refractivity contribution is 0.464. The molecule has 0 unspecified atom stereocenters. The smallest absolute Gasteiger partial charge is 0.228 e. The average molecular weight is 300 g/mol. The standard InChI is InChI=1S/C16H14ClN3O/c1-20-15(10-12(11-17)19-20)14-8-5-9-18-16(14)21-13-6-3-2-4-7-13/h2-10H,11H2,1H3. The van der Waals surface area contributed by atoms with Crippen LogP contribution in [0, 0.1) is 0 Å². The van der Waals surface area contributed by atoms with Crippen molar-refractivity contribution in [2.45, 2.75) is 5.88 Å². The number of nitrogens with zero attached hydrogens (tertiary/aromatic N) is 3. The molecule has 21 heavy (non-hydrogen) atoms. The lowest BCUT2D eigenvalue weighted by Gasteiger charge is -2.09. The highest BCUT2D eigenvalue weighted by molar-refractivity contribution is 6.16. The molecule has 1 aromatic carbocycles. The predicted molar refractivity (Wildman–Crippen MR) is 82.5 cm³/mol. The second-order valence-corrected chi connectivity index (χ2v) is 4.82. The molecule has 0 aliphatic carbocycles. The molecule has 2 heterocycles. The third-order valence-electron chi connectivity index (χ3n) is 3.07. The van der Waals surface area contributed by atoms with Crippen LogP contribution in [0.15, 0.2) is 54.7 Å². The molecule has 0 aliphatic heterocycles. The highest BCUT2D eigenvalue weighted by Crippen LogP contribution is 2.31. The van der Waals surface area contributed by atoms with Gasteiger partial charge in [-0.3, -0.25) is 4.68 Å². The highest BCUT2D eigenvalue weighted by atomic mass is 35.5. The number of pyridine rings is 1. The minimum Gasteiger partial charge on any atom is -0.438 e. The molecular weight excluding hydrogens is 286 g/mol. The maximum Gasteiger partial charge on any atom is 0.228 e. The zero-order valence-electron chi connectivity index (χ0n) is 11.5. The van der Waals surface area contributed by atoms with E-state index < -0.39 is 0 Å². The number of ether oxygens (including phenoxy) is 1. The Bertz CT molecular complexity index is 740. The molecule has 106 valence electrons. The van der Waals surface area contributed by atoms with Gasteiger partial charge in [0.2, 0.25) is 5.88 Å². The summed E-state index contributed by atoms with van der Waals surface area (Å²) in [6, 6.07) is 15.4. The largest absolute Gasteiger partial charge is 0.438 e. The van der Waals surface area contributed by atoms with Crippen molar-refractivity contribution in [2.75, 3.05) is 0 Å². The van der Waals surface area contributed by atoms with E-state index in [0.29, 0.717) is 11.8 Å². The normalized spacial score (nSPS) is 10.6. The van der Waals surface area contributed by atoms with Crippen molar-refractivity contribution in [1.29, 1.82) is 0 Å². The molecule has 0 amide bonds. The van der Waals surface area contributed by atoms with Crippen LogP contribution in [0.5, 0.6) is 11.6 Å². The quantitative estimate of drug-likeness (QED) is 0.683. The monoisotopic (exact) mass is 299 g/mol. The Morgan fingerprint density at radius 1 is 1.14 bits per heavy atom. The predicted octanol–water partition coefficient (Wildman–Crippen LogP) is 4.01. The Balaban J connectivity index is 2.01. The number of halogens is 1. The lowest BCUT2D eigenvalue weighted by Crippen LogP contribution is -1.97. The van der Waals surface area contributed by atoms with Gasteiger partial charge in [0.15, 0.2) is 0 Å². The van der Waals surface area contributed by atoms with Gasteiger partial charge < -0.3 is 4.74 Å². The number of para-hydroxylation sites is 1. The molecule has 4 nitrogen and oxygen atoms in total. The molecule has 0 saturated heterocycles. The van der Waals surface area contributed by atoms with E-state index in [1.54, 1.807) is 10.9 Å². The Hall–Kier alpha value is -2.33. The maximum atomic E-state index is 5.88. The molecule has 0 atom stereocenters. The number of benzene rings is 1. The van der Waals surface area contributed by atoms with Crippen LogP contribution in [0.2, 0.25) is 0 Å². The molecule has 0 bridgehead atoms. The van der Waals surface area contributed by atoms with Gasteiger partial charge in [-0.05, 0) is 30.3 Å². The summed E-state index contributed by atoms with van der Waals surface area (Å²) in [6.07, 6.45) is 1.71. The summed E-state index contributed by atoms with van der Waals surface area (Å²) in [5.74, 6) is 1.67. The summed E-state index contributed by atoms with van der Waals surface area (Å²) in [4.78, 5) is 4.33. The molecule has 0 spiro atoms. The molecule has 5 heteroatoms. The summed E-state index contributed by atoms with van der Waals surface area (Å²) >= 11 is 5.85. The van der Waals surface area contributed by atoms with Gasteiger partial charge in [0.25, 0.3) is 0 Å². The third kappa shape index (κ3) is 2.90. The maximum absolute atomic E-state index is 5.88. The van der Waals surface area contributed by atoms with Crippen molar-refractivity contribution >= 4 is 11.6 Å². The van der Waals surface area contributed by atoms with Crippen molar-refractivity contribution in [2.24, 2.45) is 7.05 Å². The lowest BCUT2D eigenvalue weighted by atomic mass is 10.2. The number of aromatic nitrogens is 3. The topological polar surface area (TPSA) is 39.9 Å². The number of hydrogen-bond donors (Lipinski definition) is 0. The molecule has 0 saturated carbocycles. The van der Waals surface area contributed by atoms with Gasteiger partial charge in [-0.2, -0.15) is 5.10 Å². The zero-order valence-corrected chi connectivity index (χ0v) is 12.3. The average Bonchev–Trinajstić information content (AvgIpc) is 2.90. The first kappa shape index (κ1) is 13.6. The van der Waals surface area contributed by atoms with Crippen molar-refractivity contribution < 1.29 is 4.74 Å². The molecule has 3 rings (SSSR count). The van der Waals surface area contributed by atoms with E-state index in [4.69, 9.17) is 16.3 Å².